The van der Waals surface area contributed by atoms with Gasteiger partial charge in [-0.2, -0.15) is 0 Å². The Balaban J connectivity index is 1.41. The molecule has 2 aromatic carbocycles. The van der Waals surface area contributed by atoms with Crippen molar-refractivity contribution in [2.24, 2.45) is 0 Å². The standard InChI is InChI=1S/C22H32N2O2/c1-18-10-9-11-21(22(18)24)26-17-8-6-4-2-3-5-7-16-25-20-14-12-19(23)13-15-20/h9-15H,2-8,16-17,23-24H2,1H3. The van der Waals surface area contributed by atoms with Gasteiger partial charge in [0, 0.05) is 5.69 Å². The quantitative estimate of drug-likeness (QED) is 0.397. The lowest BCUT2D eigenvalue weighted by molar-refractivity contribution is 0.300. The van der Waals surface area contributed by atoms with Crippen LogP contribution >= 0.6 is 0 Å². The molecule has 26 heavy (non-hydrogen) atoms. The first-order valence-electron chi connectivity index (χ1n) is 9.63. The molecule has 4 heteroatoms. The zero-order valence-electron chi connectivity index (χ0n) is 15.9. The van der Waals surface area contributed by atoms with Crippen molar-refractivity contribution in [3.05, 3.63) is 48.0 Å². The number of hydrogen-bond acceptors (Lipinski definition) is 4. The largest absolute Gasteiger partial charge is 0.494 e. The molecule has 0 aliphatic carbocycles. The highest BCUT2D eigenvalue weighted by molar-refractivity contribution is 5.57. The molecule has 0 aliphatic rings. The van der Waals surface area contributed by atoms with Gasteiger partial charge in [0.15, 0.2) is 0 Å². The number of unbranched alkanes of at least 4 members (excludes halogenated alkanes) is 6. The van der Waals surface area contributed by atoms with Crippen molar-refractivity contribution in [1.82, 2.24) is 0 Å². The maximum Gasteiger partial charge on any atom is 0.142 e. The lowest BCUT2D eigenvalue weighted by atomic mass is 10.1. The molecular weight excluding hydrogens is 324 g/mol. The van der Waals surface area contributed by atoms with Crippen molar-refractivity contribution in [1.29, 1.82) is 0 Å². The van der Waals surface area contributed by atoms with Crippen LogP contribution in [0.2, 0.25) is 0 Å². The Kier molecular flexibility index (Phi) is 8.67. The molecule has 0 aliphatic heterocycles. The Bertz CT molecular complexity index is 641. The van der Waals surface area contributed by atoms with Gasteiger partial charge in [0.05, 0.1) is 18.9 Å². The molecule has 2 rings (SSSR count). The van der Waals surface area contributed by atoms with E-state index in [2.05, 4.69) is 0 Å². The molecule has 0 saturated heterocycles. The van der Waals surface area contributed by atoms with Crippen LogP contribution in [0.5, 0.6) is 11.5 Å². The van der Waals surface area contributed by atoms with E-state index in [-0.39, 0.29) is 0 Å². The molecule has 0 spiro atoms. The van der Waals surface area contributed by atoms with Crippen LogP contribution in [-0.2, 0) is 0 Å². The molecule has 0 radical (unpaired) electrons. The van der Waals surface area contributed by atoms with Crippen molar-refractivity contribution in [2.75, 3.05) is 24.7 Å². The van der Waals surface area contributed by atoms with E-state index in [9.17, 15) is 0 Å². The summed E-state index contributed by atoms with van der Waals surface area (Å²) >= 11 is 0. The minimum atomic E-state index is 0.739. The third kappa shape index (κ3) is 7.26. The molecule has 0 atom stereocenters. The molecule has 0 fully saturated rings. The van der Waals surface area contributed by atoms with E-state index >= 15 is 0 Å². The van der Waals surface area contributed by atoms with Crippen molar-refractivity contribution in [3.63, 3.8) is 0 Å². The van der Waals surface area contributed by atoms with Crippen molar-refractivity contribution in [3.8, 4) is 11.5 Å². The molecule has 2 aromatic rings. The summed E-state index contributed by atoms with van der Waals surface area (Å²) in [5, 5.41) is 0. The van der Waals surface area contributed by atoms with Crippen LogP contribution < -0.4 is 20.9 Å². The summed E-state index contributed by atoms with van der Waals surface area (Å²) in [5.74, 6) is 1.71. The number of nitrogens with two attached hydrogens (primary N) is 2. The first-order valence-corrected chi connectivity index (χ1v) is 9.63. The summed E-state index contributed by atoms with van der Waals surface area (Å²) in [6.07, 6.45) is 8.38. The molecule has 4 N–H and O–H groups in total. The topological polar surface area (TPSA) is 70.5 Å². The van der Waals surface area contributed by atoms with Gasteiger partial charge in [-0.15, -0.1) is 0 Å². The molecule has 0 amide bonds. The number of para-hydroxylation sites is 1. The zero-order chi connectivity index (χ0) is 18.6. The summed E-state index contributed by atoms with van der Waals surface area (Å²) in [6.45, 7) is 3.52. The van der Waals surface area contributed by atoms with E-state index in [0.29, 0.717) is 0 Å². The van der Waals surface area contributed by atoms with Crippen molar-refractivity contribution < 1.29 is 9.47 Å². The SMILES string of the molecule is Cc1cccc(OCCCCCCCCCOc2ccc(N)cc2)c1N. The van der Waals surface area contributed by atoms with E-state index in [0.717, 1.165) is 54.5 Å². The average molecular weight is 357 g/mol. The van der Waals surface area contributed by atoms with Gasteiger partial charge in [-0.05, 0) is 55.7 Å². The van der Waals surface area contributed by atoms with Gasteiger partial charge in [-0.25, -0.2) is 0 Å². The second-order valence-electron chi connectivity index (χ2n) is 6.73. The number of ether oxygens (including phenoxy) is 2. The minimum absolute atomic E-state index is 0.739. The second kappa shape index (κ2) is 11.3. The van der Waals surface area contributed by atoms with Crippen LogP contribution in [0.3, 0.4) is 0 Å². The normalized spacial score (nSPS) is 10.7. The Morgan fingerprint density at radius 1 is 0.692 bits per heavy atom. The average Bonchev–Trinajstić information content (AvgIpc) is 2.64. The molecule has 142 valence electrons. The monoisotopic (exact) mass is 356 g/mol. The Hall–Kier alpha value is -2.36. The summed E-state index contributed by atoms with van der Waals surface area (Å²) < 4.78 is 11.5. The predicted molar refractivity (Wildman–Crippen MR) is 110 cm³/mol. The van der Waals surface area contributed by atoms with Gasteiger partial charge in [-0.1, -0.05) is 44.2 Å². The number of aryl methyl sites for hydroxylation is 1. The zero-order valence-corrected chi connectivity index (χ0v) is 15.9. The number of nitrogen functional groups attached to an aromatic ring is 2. The Morgan fingerprint density at radius 3 is 1.92 bits per heavy atom. The van der Waals surface area contributed by atoms with Crippen molar-refractivity contribution >= 4 is 11.4 Å². The number of anilines is 2. The molecule has 4 nitrogen and oxygen atoms in total. The van der Waals surface area contributed by atoms with E-state index in [4.69, 9.17) is 20.9 Å². The summed E-state index contributed by atoms with van der Waals surface area (Å²) in [6, 6.07) is 13.5. The molecular formula is C22H32N2O2. The summed E-state index contributed by atoms with van der Waals surface area (Å²) in [4.78, 5) is 0. The number of rotatable bonds is 12. The van der Waals surface area contributed by atoms with Gasteiger partial charge < -0.3 is 20.9 Å². The van der Waals surface area contributed by atoms with Gasteiger partial charge >= 0.3 is 0 Å². The van der Waals surface area contributed by atoms with E-state index in [1.807, 2.05) is 49.4 Å². The van der Waals surface area contributed by atoms with Crippen LogP contribution in [-0.4, -0.2) is 13.2 Å². The highest BCUT2D eigenvalue weighted by atomic mass is 16.5. The van der Waals surface area contributed by atoms with E-state index in [1.54, 1.807) is 0 Å². The van der Waals surface area contributed by atoms with Gasteiger partial charge in [0.2, 0.25) is 0 Å². The molecule has 0 aromatic heterocycles. The fourth-order valence-corrected chi connectivity index (χ4v) is 2.80. The van der Waals surface area contributed by atoms with Crippen LogP contribution in [0.15, 0.2) is 42.5 Å². The highest BCUT2D eigenvalue weighted by Gasteiger charge is 2.02. The second-order valence-corrected chi connectivity index (χ2v) is 6.73. The third-order valence-corrected chi connectivity index (χ3v) is 4.48. The van der Waals surface area contributed by atoms with Gasteiger partial charge in [-0.3, -0.25) is 0 Å². The lowest BCUT2D eigenvalue weighted by Crippen LogP contribution is -2.01. The highest BCUT2D eigenvalue weighted by Crippen LogP contribution is 2.24. The van der Waals surface area contributed by atoms with E-state index < -0.39 is 0 Å². The maximum absolute atomic E-state index is 6.01. The van der Waals surface area contributed by atoms with Crippen LogP contribution in [0.1, 0.15) is 50.5 Å². The van der Waals surface area contributed by atoms with E-state index in [1.165, 1.54) is 32.1 Å². The van der Waals surface area contributed by atoms with Crippen LogP contribution in [0.25, 0.3) is 0 Å². The molecule has 0 saturated carbocycles. The predicted octanol–water partition coefficient (Wildman–Crippen LogP) is 5.35. The fourth-order valence-electron chi connectivity index (χ4n) is 2.80. The number of benzene rings is 2. The van der Waals surface area contributed by atoms with Crippen LogP contribution in [0.4, 0.5) is 11.4 Å². The molecule has 0 unspecified atom stereocenters. The third-order valence-electron chi connectivity index (χ3n) is 4.48. The van der Waals surface area contributed by atoms with Gasteiger partial charge in [0.1, 0.15) is 11.5 Å². The van der Waals surface area contributed by atoms with Gasteiger partial charge in [0.25, 0.3) is 0 Å². The lowest BCUT2D eigenvalue weighted by Gasteiger charge is -2.10. The first-order chi connectivity index (χ1) is 12.7. The Labute approximate surface area is 157 Å². The summed E-state index contributed by atoms with van der Waals surface area (Å²) in [7, 11) is 0. The fraction of sp³-hybridized carbons (Fsp3) is 0.455. The van der Waals surface area contributed by atoms with Crippen LogP contribution in [0, 0.1) is 6.92 Å². The summed E-state index contributed by atoms with van der Waals surface area (Å²) in [5.41, 5.74) is 14.3. The number of hydrogen-bond donors (Lipinski definition) is 2. The maximum atomic E-state index is 6.01. The van der Waals surface area contributed by atoms with Crippen molar-refractivity contribution in [2.45, 2.75) is 51.9 Å². The molecule has 0 bridgehead atoms. The minimum Gasteiger partial charge on any atom is -0.494 e. The molecule has 0 heterocycles. The first kappa shape index (κ1) is 20.0. The Morgan fingerprint density at radius 2 is 1.27 bits per heavy atom. The smallest absolute Gasteiger partial charge is 0.142 e.